The third kappa shape index (κ3) is 3.31. The van der Waals surface area contributed by atoms with Gasteiger partial charge in [0.1, 0.15) is 5.76 Å². The molecule has 8 heteroatoms. The molecule has 0 aliphatic heterocycles. The van der Waals surface area contributed by atoms with E-state index in [1.807, 2.05) is 0 Å². The summed E-state index contributed by atoms with van der Waals surface area (Å²) in [6.07, 6.45) is 2.73. The summed E-state index contributed by atoms with van der Waals surface area (Å²) in [5.41, 5.74) is 3.01. The highest BCUT2D eigenvalue weighted by Crippen LogP contribution is 2.00. The van der Waals surface area contributed by atoms with Crippen molar-refractivity contribution in [2.24, 2.45) is 5.10 Å². The number of carbonyl (C=O) groups excluding carboxylic acids is 1. The van der Waals surface area contributed by atoms with Crippen molar-refractivity contribution in [3.05, 3.63) is 47.7 Å². The normalized spacial score (nSPS) is 10.8. The lowest BCUT2D eigenvalue weighted by Crippen LogP contribution is -2.33. The van der Waals surface area contributed by atoms with E-state index >= 15 is 0 Å². The molecule has 1 aromatic heterocycles. The van der Waals surface area contributed by atoms with Crippen LogP contribution in [0, 0.1) is 6.92 Å². The molecule has 2 rings (SSSR count). The molecule has 0 atom stereocenters. The summed E-state index contributed by atoms with van der Waals surface area (Å²) in [4.78, 5) is 15.3. The predicted molar refractivity (Wildman–Crippen MR) is 72.6 cm³/mol. The van der Waals surface area contributed by atoms with Crippen LogP contribution in [0.5, 0.6) is 0 Å². The first kappa shape index (κ1) is 14.0. The average Bonchev–Trinajstić information content (AvgIpc) is 2.86. The monoisotopic (exact) mass is 273 g/mol. The van der Waals surface area contributed by atoms with Gasteiger partial charge >= 0.3 is 13.0 Å². The van der Waals surface area contributed by atoms with Gasteiger partial charge in [-0.15, -0.1) is 0 Å². The van der Waals surface area contributed by atoms with Crippen molar-refractivity contribution in [2.75, 3.05) is 0 Å². The summed E-state index contributed by atoms with van der Waals surface area (Å²) in [5, 5.41) is 22.1. The molecule has 2 aromatic rings. The minimum atomic E-state index is -1.61. The van der Waals surface area contributed by atoms with E-state index in [0.29, 0.717) is 11.3 Å². The number of hydrazone groups is 1. The molecule has 1 aromatic carbocycles. The highest BCUT2D eigenvalue weighted by atomic mass is 16.4. The van der Waals surface area contributed by atoms with Crippen molar-refractivity contribution in [1.82, 2.24) is 10.4 Å². The molecule has 102 valence electrons. The molecule has 20 heavy (non-hydrogen) atoms. The van der Waals surface area contributed by atoms with Crippen molar-refractivity contribution in [3.63, 3.8) is 0 Å². The van der Waals surface area contributed by atoms with Crippen LogP contribution < -0.4 is 10.9 Å². The Morgan fingerprint density at radius 3 is 2.85 bits per heavy atom. The van der Waals surface area contributed by atoms with Crippen LogP contribution in [0.25, 0.3) is 0 Å². The Labute approximate surface area is 115 Å². The zero-order valence-electron chi connectivity index (χ0n) is 10.6. The van der Waals surface area contributed by atoms with E-state index in [0.717, 1.165) is 0 Å². The second-order valence-corrected chi connectivity index (χ2v) is 3.98. The minimum Gasteiger partial charge on any atom is -0.438 e. The van der Waals surface area contributed by atoms with Crippen LogP contribution in [-0.2, 0) is 0 Å². The fraction of sp³-hybridized carbons (Fsp3) is 0.0833. The lowest BCUT2D eigenvalue weighted by molar-refractivity contribution is 0.0919. The number of nitrogens with one attached hydrogen (secondary N) is 1. The summed E-state index contributed by atoms with van der Waals surface area (Å²) >= 11 is 0. The molecular formula is C12H12BN3O4. The molecule has 1 heterocycles. The number of benzene rings is 1. The van der Waals surface area contributed by atoms with Gasteiger partial charge < -0.3 is 14.5 Å². The number of amides is 1. The molecular weight excluding hydrogens is 261 g/mol. The van der Waals surface area contributed by atoms with Crippen molar-refractivity contribution in [2.45, 2.75) is 6.92 Å². The molecule has 7 nitrogen and oxygen atoms in total. The Balaban J connectivity index is 2.05. The highest BCUT2D eigenvalue weighted by molar-refractivity contribution is 6.60. The van der Waals surface area contributed by atoms with E-state index in [-0.39, 0.29) is 11.4 Å². The summed E-state index contributed by atoms with van der Waals surface area (Å²) in [7, 11) is -1.61. The van der Waals surface area contributed by atoms with Gasteiger partial charge in [-0.25, -0.2) is 10.4 Å². The first-order valence-electron chi connectivity index (χ1n) is 5.79. The number of aromatic nitrogens is 1. The van der Waals surface area contributed by atoms with Gasteiger partial charge in [-0.3, -0.25) is 4.79 Å². The van der Waals surface area contributed by atoms with Crippen LogP contribution in [-0.4, -0.2) is 34.3 Å². The highest BCUT2D eigenvalue weighted by Gasteiger charge is 2.14. The van der Waals surface area contributed by atoms with E-state index in [1.54, 1.807) is 31.2 Å². The number of aryl methyl sites for hydroxylation is 1. The van der Waals surface area contributed by atoms with Gasteiger partial charge in [0, 0.05) is 0 Å². The molecule has 0 saturated heterocycles. The molecule has 0 aliphatic rings. The summed E-state index contributed by atoms with van der Waals surface area (Å²) in [6.45, 7) is 1.67. The van der Waals surface area contributed by atoms with Crippen LogP contribution in [0.4, 0.5) is 0 Å². The minimum absolute atomic E-state index is 0.0878. The number of oxazole rings is 1. The lowest BCUT2D eigenvalue weighted by Gasteiger charge is -2.03. The van der Waals surface area contributed by atoms with Crippen molar-refractivity contribution in [3.8, 4) is 0 Å². The predicted octanol–water partition coefficient (Wildman–Crippen LogP) is -0.573. The molecule has 0 radical (unpaired) electrons. The largest absolute Gasteiger partial charge is 0.489 e. The zero-order chi connectivity index (χ0) is 14.5. The van der Waals surface area contributed by atoms with E-state index in [1.165, 1.54) is 12.4 Å². The summed E-state index contributed by atoms with van der Waals surface area (Å²) < 4.78 is 5.03. The molecule has 0 bridgehead atoms. The van der Waals surface area contributed by atoms with Crippen molar-refractivity contribution < 1.29 is 19.3 Å². The van der Waals surface area contributed by atoms with E-state index in [4.69, 9.17) is 4.42 Å². The Morgan fingerprint density at radius 2 is 2.20 bits per heavy atom. The standard InChI is InChI=1S/C12H12BN3O4/c1-8-6-14-12(20-8)11(17)16-15-7-9-4-2-3-5-10(9)13(18)19/h2-7,18-19H,1H3,(H,16,17)/b15-7+. The van der Waals surface area contributed by atoms with Crippen molar-refractivity contribution >= 4 is 24.7 Å². The zero-order valence-corrected chi connectivity index (χ0v) is 10.6. The topological polar surface area (TPSA) is 108 Å². The van der Waals surface area contributed by atoms with Gasteiger partial charge in [0.05, 0.1) is 12.4 Å². The maximum atomic E-state index is 11.6. The van der Waals surface area contributed by atoms with Gasteiger partial charge in [-0.05, 0) is 17.9 Å². The Morgan fingerprint density at radius 1 is 1.45 bits per heavy atom. The van der Waals surface area contributed by atoms with Crippen LogP contribution in [0.2, 0.25) is 0 Å². The second-order valence-electron chi connectivity index (χ2n) is 3.98. The van der Waals surface area contributed by atoms with Gasteiger partial charge in [0.25, 0.3) is 5.89 Å². The average molecular weight is 273 g/mol. The maximum absolute atomic E-state index is 11.6. The van der Waals surface area contributed by atoms with E-state index < -0.39 is 13.0 Å². The number of hydrogen-bond acceptors (Lipinski definition) is 6. The molecule has 0 spiro atoms. The van der Waals surface area contributed by atoms with Crippen molar-refractivity contribution in [1.29, 1.82) is 0 Å². The number of hydrogen-bond donors (Lipinski definition) is 3. The third-order valence-corrected chi connectivity index (χ3v) is 2.46. The lowest BCUT2D eigenvalue weighted by atomic mass is 9.77. The summed E-state index contributed by atoms with van der Waals surface area (Å²) in [5.74, 6) is -0.153. The Hall–Kier alpha value is -2.45. The molecule has 3 N–H and O–H groups in total. The van der Waals surface area contributed by atoms with Crippen LogP contribution >= 0.6 is 0 Å². The van der Waals surface area contributed by atoms with Gasteiger partial charge in [-0.2, -0.15) is 5.10 Å². The number of carbonyl (C=O) groups is 1. The van der Waals surface area contributed by atoms with Gasteiger partial charge in [0.2, 0.25) is 0 Å². The molecule has 0 unspecified atom stereocenters. The smallest absolute Gasteiger partial charge is 0.438 e. The Bertz CT molecular complexity index is 639. The SMILES string of the molecule is Cc1cnc(C(=O)N/N=C/c2ccccc2B(O)O)o1. The van der Waals surface area contributed by atoms with E-state index in [9.17, 15) is 14.8 Å². The van der Waals surface area contributed by atoms with Gasteiger partial charge in [-0.1, -0.05) is 24.3 Å². The first-order chi connectivity index (χ1) is 9.58. The molecule has 0 saturated carbocycles. The fourth-order valence-corrected chi connectivity index (χ4v) is 1.53. The summed E-state index contributed by atoms with van der Waals surface area (Å²) in [6, 6.07) is 6.57. The first-order valence-corrected chi connectivity index (χ1v) is 5.79. The van der Waals surface area contributed by atoms with Crippen LogP contribution in [0.1, 0.15) is 22.0 Å². The Kier molecular flexibility index (Phi) is 4.29. The number of nitrogens with zero attached hydrogens (tertiary/aromatic N) is 2. The fourth-order valence-electron chi connectivity index (χ4n) is 1.53. The van der Waals surface area contributed by atoms with Crippen LogP contribution in [0.3, 0.4) is 0 Å². The third-order valence-electron chi connectivity index (χ3n) is 2.46. The quantitative estimate of drug-likeness (QED) is 0.392. The van der Waals surface area contributed by atoms with Gasteiger partial charge in [0.15, 0.2) is 0 Å². The maximum Gasteiger partial charge on any atom is 0.489 e. The molecule has 0 aliphatic carbocycles. The van der Waals surface area contributed by atoms with E-state index in [2.05, 4.69) is 15.5 Å². The molecule has 0 fully saturated rings. The van der Waals surface area contributed by atoms with Crippen LogP contribution in [0.15, 0.2) is 40.0 Å². The molecule has 1 amide bonds. The number of rotatable bonds is 4. The second kappa shape index (κ2) is 6.13.